The molecular weight excluding hydrogens is 499 g/mol. The number of aryl methyl sites for hydroxylation is 1. The number of anilines is 1. The molecule has 1 heterocycles. The molecule has 0 spiro atoms. The van der Waals surface area contributed by atoms with E-state index in [0.717, 1.165) is 10.5 Å². The zero-order valence-electron chi connectivity index (χ0n) is 17.8. The van der Waals surface area contributed by atoms with Gasteiger partial charge in [0.05, 0.1) is 5.69 Å². The predicted octanol–water partition coefficient (Wildman–Crippen LogP) is 6.20. The van der Waals surface area contributed by atoms with Gasteiger partial charge >= 0.3 is 6.03 Å². The number of imide groups is 2. The average molecular weight is 516 g/mol. The summed E-state index contributed by atoms with van der Waals surface area (Å²) in [6, 6.07) is 15.9. The molecule has 1 saturated heterocycles. The SMILES string of the molecule is Cc1ccc(N2C(=O)NC(=O)/C(=C/c3ccccc3OCc3ccc(Cl)cc3Cl)C2=O)cc1Cl. The van der Waals surface area contributed by atoms with Crippen LogP contribution in [0.3, 0.4) is 0 Å². The smallest absolute Gasteiger partial charge is 0.335 e. The summed E-state index contributed by atoms with van der Waals surface area (Å²) in [5, 5.41) is 3.55. The second kappa shape index (κ2) is 9.89. The van der Waals surface area contributed by atoms with Crippen molar-refractivity contribution in [3.8, 4) is 5.75 Å². The van der Waals surface area contributed by atoms with E-state index in [-0.39, 0.29) is 17.9 Å². The summed E-state index contributed by atoms with van der Waals surface area (Å²) in [6.45, 7) is 1.94. The van der Waals surface area contributed by atoms with Crippen LogP contribution < -0.4 is 15.0 Å². The third-order valence-electron chi connectivity index (χ3n) is 5.13. The molecule has 4 amide bonds. The zero-order valence-corrected chi connectivity index (χ0v) is 20.0. The minimum absolute atomic E-state index is 0.142. The molecule has 1 fully saturated rings. The maximum Gasteiger partial charge on any atom is 0.335 e. The van der Waals surface area contributed by atoms with Crippen molar-refractivity contribution >= 4 is 64.4 Å². The fourth-order valence-electron chi connectivity index (χ4n) is 3.29. The molecule has 172 valence electrons. The van der Waals surface area contributed by atoms with Gasteiger partial charge in [-0.3, -0.25) is 14.9 Å². The fourth-order valence-corrected chi connectivity index (χ4v) is 3.93. The third-order valence-corrected chi connectivity index (χ3v) is 6.13. The Bertz CT molecular complexity index is 1350. The molecule has 0 saturated carbocycles. The normalized spacial score (nSPS) is 15.0. The number of ether oxygens (including phenoxy) is 1. The Morgan fingerprint density at radius 1 is 0.941 bits per heavy atom. The van der Waals surface area contributed by atoms with Gasteiger partial charge in [-0.15, -0.1) is 0 Å². The Morgan fingerprint density at radius 2 is 1.71 bits per heavy atom. The molecule has 9 heteroatoms. The number of rotatable bonds is 5. The molecule has 0 radical (unpaired) electrons. The van der Waals surface area contributed by atoms with Crippen LogP contribution in [0, 0.1) is 6.92 Å². The molecule has 1 aliphatic heterocycles. The number of para-hydroxylation sites is 1. The van der Waals surface area contributed by atoms with Crippen molar-refractivity contribution in [1.82, 2.24) is 5.32 Å². The summed E-state index contributed by atoms with van der Waals surface area (Å²) in [6.07, 6.45) is 1.38. The van der Waals surface area contributed by atoms with Gasteiger partial charge in [0.1, 0.15) is 17.9 Å². The number of nitrogens with zero attached hydrogens (tertiary/aromatic N) is 1. The maximum absolute atomic E-state index is 13.2. The Balaban J connectivity index is 1.65. The second-order valence-electron chi connectivity index (χ2n) is 7.45. The van der Waals surface area contributed by atoms with Crippen LogP contribution in [0.15, 0.2) is 66.2 Å². The largest absolute Gasteiger partial charge is 0.488 e. The molecular formula is C25H17Cl3N2O4. The number of hydrogen-bond acceptors (Lipinski definition) is 4. The lowest BCUT2D eigenvalue weighted by molar-refractivity contribution is -0.122. The molecule has 0 atom stereocenters. The van der Waals surface area contributed by atoms with Gasteiger partial charge in [-0.05, 0) is 48.9 Å². The number of amides is 4. The van der Waals surface area contributed by atoms with Crippen molar-refractivity contribution < 1.29 is 19.1 Å². The Labute approximate surface area is 210 Å². The first kappa shape index (κ1) is 23.8. The quantitative estimate of drug-likeness (QED) is 0.324. The van der Waals surface area contributed by atoms with Crippen LogP contribution in [0.2, 0.25) is 15.1 Å². The molecule has 1 aliphatic rings. The van der Waals surface area contributed by atoms with Crippen LogP contribution in [0.4, 0.5) is 10.5 Å². The minimum Gasteiger partial charge on any atom is -0.488 e. The topological polar surface area (TPSA) is 75.7 Å². The highest BCUT2D eigenvalue weighted by Gasteiger charge is 2.37. The monoisotopic (exact) mass is 514 g/mol. The predicted molar refractivity (Wildman–Crippen MR) is 132 cm³/mol. The maximum atomic E-state index is 13.2. The van der Waals surface area contributed by atoms with Gasteiger partial charge in [-0.1, -0.05) is 65.1 Å². The molecule has 0 bridgehead atoms. The molecule has 4 rings (SSSR count). The molecule has 34 heavy (non-hydrogen) atoms. The standard InChI is InChI=1S/C25H17Cl3N2O4/c1-14-6-9-18(12-20(14)27)30-24(32)19(23(31)29-25(30)33)10-15-4-2-3-5-22(15)34-13-16-7-8-17(26)11-21(16)28/h2-12H,13H2,1H3,(H,29,31,33)/b19-10-. The molecule has 1 N–H and O–H groups in total. The van der Waals surface area contributed by atoms with Gasteiger partial charge in [0, 0.05) is 26.2 Å². The average Bonchev–Trinajstić information content (AvgIpc) is 2.79. The number of nitrogens with one attached hydrogen (secondary N) is 1. The van der Waals surface area contributed by atoms with E-state index in [1.54, 1.807) is 61.5 Å². The van der Waals surface area contributed by atoms with Gasteiger partial charge in [0.2, 0.25) is 0 Å². The van der Waals surface area contributed by atoms with Gasteiger partial charge in [-0.25, -0.2) is 9.69 Å². The van der Waals surface area contributed by atoms with E-state index in [1.165, 1.54) is 12.1 Å². The molecule has 6 nitrogen and oxygen atoms in total. The number of halogens is 3. The second-order valence-corrected chi connectivity index (χ2v) is 8.70. The number of barbiturate groups is 1. The first-order valence-electron chi connectivity index (χ1n) is 10.1. The fraction of sp³-hybridized carbons (Fsp3) is 0.0800. The highest BCUT2D eigenvalue weighted by molar-refractivity contribution is 6.39. The van der Waals surface area contributed by atoms with Crippen molar-refractivity contribution in [3.05, 3.63) is 98.0 Å². The van der Waals surface area contributed by atoms with Crippen LogP contribution in [0.1, 0.15) is 16.7 Å². The number of hydrogen-bond donors (Lipinski definition) is 1. The summed E-state index contributed by atoms with van der Waals surface area (Å²) in [5.74, 6) is -1.16. The summed E-state index contributed by atoms with van der Waals surface area (Å²) in [5.41, 5.74) is 2.00. The third kappa shape index (κ3) is 4.94. The Morgan fingerprint density at radius 3 is 2.44 bits per heavy atom. The first-order chi connectivity index (χ1) is 16.2. The van der Waals surface area contributed by atoms with E-state index in [1.807, 2.05) is 0 Å². The van der Waals surface area contributed by atoms with E-state index in [4.69, 9.17) is 39.5 Å². The van der Waals surface area contributed by atoms with Crippen molar-refractivity contribution in [3.63, 3.8) is 0 Å². The molecule has 3 aromatic carbocycles. The summed E-state index contributed by atoms with van der Waals surface area (Å²) < 4.78 is 5.90. The zero-order chi connectivity index (χ0) is 24.4. The molecule has 0 aromatic heterocycles. The van der Waals surface area contributed by atoms with Crippen LogP contribution in [-0.2, 0) is 16.2 Å². The lowest BCUT2D eigenvalue weighted by Gasteiger charge is -2.26. The van der Waals surface area contributed by atoms with E-state index >= 15 is 0 Å². The Hall–Kier alpha value is -3.32. The lowest BCUT2D eigenvalue weighted by atomic mass is 10.1. The van der Waals surface area contributed by atoms with E-state index in [2.05, 4.69) is 5.32 Å². The van der Waals surface area contributed by atoms with E-state index in [0.29, 0.717) is 31.9 Å². The van der Waals surface area contributed by atoms with Crippen LogP contribution in [0.5, 0.6) is 5.75 Å². The van der Waals surface area contributed by atoms with Crippen molar-refractivity contribution in [2.75, 3.05) is 4.90 Å². The molecule has 0 unspecified atom stereocenters. The lowest BCUT2D eigenvalue weighted by Crippen LogP contribution is -2.54. The van der Waals surface area contributed by atoms with Crippen molar-refractivity contribution in [2.45, 2.75) is 13.5 Å². The van der Waals surface area contributed by atoms with Crippen LogP contribution >= 0.6 is 34.8 Å². The van der Waals surface area contributed by atoms with Crippen molar-refractivity contribution in [1.29, 1.82) is 0 Å². The van der Waals surface area contributed by atoms with Gasteiger partial charge in [-0.2, -0.15) is 0 Å². The van der Waals surface area contributed by atoms with E-state index in [9.17, 15) is 14.4 Å². The Kier molecular flexibility index (Phi) is 6.93. The van der Waals surface area contributed by atoms with Crippen LogP contribution in [0.25, 0.3) is 6.08 Å². The molecule has 0 aliphatic carbocycles. The number of carbonyl (C=O) groups excluding carboxylic acids is 3. The van der Waals surface area contributed by atoms with E-state index < -0.39 is 17.8 Å². The minimum atomic E-state index is -0.853. The highest BCUT2D eigenvalue weighted by atomic mass is 35.5. The number of urea groups is 1. The van der Waals surface area contributed by atoms with Crippen molar-refractivity contribution in [2.24, 2.45) is 0 Å². The summed E-state index contributed by atoms with van der Waals surface area (Å²) in [4.78, 5) is 39.0. The first-order valence-corrected chi connectivity index (χ1v) is 11.2. The molecule has 3 aromatic rings. The van der Waals surface area contributed by atoms with Gasteiger partial charge in [0.15, 0.2) is 0 Å². The number of benzene rings is 3. The summed E-state index contributed by atoms with van der Waals surface area (Å²) >= 11 is 18.3. The number of carbonyl (C=O) groups is 3. The van der Waals surface area contributed by atoms with Gasteiger partial charge < -0.3 is 4.74 Å². The van der Waals surface area contributed by atoms with Crippen LogP contribution in [-0.4, -0.2) is 17.8 Å². The highest BCUT2D eigenvalue weighted by Crippen LogP contribution is 2.29. The summed E-state index contributed by atoms with van der Waals surface area (Å²) in [7, 11) is 0. The van der Waals surface area contributed by atoms with Gasteiger partial charge in [0.25, 0.3) is 11.8 Å².